The van der Waals surface area contributed by atoms with E-state index in [2.05, 4.69) is 34.4 Å². The maximum absolute atomic E-state index is 13.2. The minimum atomic E-state index is -0.278. The van der Waals surface area contributed by atoms with E-state index in [1.807, 2.05) is 61.5 Å². The molecule has 2 unspecified atom stereocenters. The largest absolute Gasteiger partial charge is 0.467 e. The minimum absolute atomic E-state index is 0.137. The van der Waals surface area contributed by atoms with E-state index >= 15 is 0 Å². The average Bonchev–Trinajstić information content (AvgIpc) is 3.64. The first-order valence-electron chi connectivity index (χ1n) is 11.6. The number of furan rings is 1. The van der Waals surface area contributed by atoms with E-state index in [-0.39, 0.29) is 23.6 Å². The Morgan fingerprint density at radius 2 is 1.89 bits per heavy atom. The van der Waals surface area contributed by atoms with Gasteiger partial charge in [0.15, 0.2) is 0 Å². The van der Waals surface area contributed by atoms with Crippen molar-refractivity contribution in [2.24, 2.45) is 5.10 Å². The Hall–Kier alpha value is -3.65. The molecule has 3 heterocycles. The van der Waals surface area contributed by atoms with Gasteiger partial charge in [0.25, 0.3) is 11.1 Å². The Labute approximate surface area is 208 Å². The van der Waals surface area contributed by atoms with Gasteiger partial charge in [-0.2, -0.15) is 5.10 Å². The first-order chi connectivity index (χ1) is 17.1. The van der Waals surface area contributed by atoms with Gasteiger partial charge in [-0.05, 0) is 36.1 Å². The van der Waals surface area contributed by atoms with Gasteiger partial charge < -0.3 is 8.83 Å². The number of hydrogen-bond donors (Lipinski definition) is 0. The molecule has 0 radical (unpaired) electrons. The van der Waals surface area contributed by atoms with Crippen LogP contribution in [-0.2, 0) is 11.2 Å². The van der Waals surface area contributed by atoms with E-state index in [9.17, 15) is 4.79 Å². The molecule has 7 nitrogen and oxygen atoms in total. The first-order valence-corrected chi connectivity index (χ1v) is 12.6. The minimum Gasteiger partial charge on any atom is -0.467 e. The number of hydrazone groups is 1. The van der Waals surface area contributed by atoms with Crippen LogP contribution in [0.1, 0.15) is 53.6 Å². The van der Waals surface area contributed by atoms with Crippen LogP contribution in [-0.4, -0.2) is 32.6 Å². The second-order valence-electron chi connectivity index (χ2n) is 8.65. The van der Waals surface area contributed by atoms with Crippen molar-refractivity contribution in [3.63, 3.8) is 0 Å². The van der Waals surface area contributed by atoms with E-state index in [1.54, 1.807) is 6.26 Å². The van der Waals surface area contributed by atoms with Crippen molar-refractivity contribution in [3.05, 3.63) is 101 Å². The van der Waals surface area contributed by atoms with Crippen LogP contribution in [0, 0.1) is 6.92 Å². The smallest absolute Gasteiger partial charge is 0.277 e. The van der Waals surface area contributed by atoms with Crippen molar-refractivity contribution in [1.29, 1.82) is 0 Å². The SMILES string of the molecule is Cc1ccc(C2=NN(C(=O)CSc3nnc(CC(C)c4ccccc4)o3)C(c3ccco3)C2)cc1. The summed E-state index contributed by atoms with van der Waals surface area (Å²) in [5.41, 5.74) is 4.26. The summed E-state index contributed by atoms with van der Waals surface area (Å²) in [6, 6.07) is 21.8. The number of aryl methyl sites for hydroxylation is 1. The predicted octanol–water partition coefficient (Wildman–Crippen LogP) is 5.79. The molecule has 2 aromatic heterocycles. The summed E-state index contributed by atoms with van der Waals surface area (Å²) < 4.78 is 11.4. The molecule has 0 saturated heterocycles. The van der Waals surface area contributed by atoms with Gasteiger partial charge in [-0.25, -0.2) is 5.01 Å². The van der Waals surface area contributed by atoms with Crippen molar-refractivity contribution in [2.75, 3.05) is 5.75 Å². The molecule has 0 saturated carbocycles. The van der Waals surface area contributed by atoms with Crippen LogP contribution < -0.4 is 0 Å². The molecular weight excluding hydrogens is 460 g/mol. The molecule has 1 aliphatic rings. The van der Waals surface area contributed by atoms with Gasteiger partial charge in [0.1, 0.15) is 11.8 Å². The van der Waals surface area contributed by atoms with Crippen LogP contribution in [0.3, 0.4) is 0 Å². The van der Waals surface area contributed by atoms with Crippen LogP contribution in [0.4, 0.5) is 0 Å². The summed E-state index contributed by atoms with van der Waals surface area (Å²) in [6.07, 6.45) is 2.85. The summed E-state index contributed by atoms with van der Waals surface area (Å²) in [4.78, 5) is 13.2. The van der Waals surface area contributed by atoms with E-state index in [1.165, 1.54) is 27.9 Å². The molecule has 35 heavy (non-hydrogen) atoms. The number of thioether (sulfide) groups is 1. The molecule has 0 N–H and O–H groups in total. The predicted molar refractivity (Wildman–Crippen MR) is 134 cm³/mol. The van der Waals surface area contributed by atoms with Gasteiger partial charge in [0.05, 0.1) is 17.7 Å². The van der Waals surface area contributed by atoms with Gasteiger partial charge in [0, 0.05) is 12.8 Å². The lowest BCUT2D eigenvalue weighted by Gasteiger charge is -2.19. The Bertz CT molecular complexity index is 1300. The normalized spacial score (nSPS) is 16.3. The Kier molecular flexibility index (Phi) is 6.81. The molecule has 5 rings (SSSR count). The highest BCUT2D eigenvalue weighted by Gasteiger charge is 2.35. The lowest BCUT2D eigenvalue weighted by molar-refractivity contribution is -0.130. The molecule has 1 aliphatic heterocycles. The second-order valence-corrected chi connectivity index (χ2v) is 9.58. The van der Waals surface area contributed by atoms with E-state index < -0.39 is 0 Å². The van der Waals surface area contributed by atoms with Gasteiger partial charge in [0.2, 0.25) is 5.89 Å². The molecule has 4 aromatic rings. The Morgan fingerprint density at radius 3 is 2.63 bits per heavy atom. The number of benzene rings is 2. The van der Waals surface area contributed by atoms with Crippen LogP contribution in [0.25, 0.3) is 0 Å². The zero-order valence-corrected chi connectivity index (χ0v) is 20.4. The van der Waals surface area contributed by atoms with Crippen LogP contribution in [0.15, 0.2) is 92.2 Å². The lowest BCUT2D eigenvalue weighted by atomic mass is 9.98. The van der Waals surface area contributed by atoms with Gasteiger partial charge in [-0.1, -0.05) is 78.8 Å². The number of carbonyl (C=O) groups excluding carboxylic acids is 1. The zero-order chi connectivity index (χ0) is 24.2. The molecule has 2 atom stereocenters. The molecule has 0 spiro atoms. The number of nitrogens with zero attached hydrogens (tertiary/aromatic N) is 4. The van der Waals surface area contributed by atoms with Gasteiger partial charge in [-0.15, -0.1) is 10.2 Å². The monoisotopic (exact) mass is 486 g/mol. The molecule has 1 amide bonds. The zero-order valence-electron chi connectivity index (χ0n) is 19.6. The highest BCUT2D eigenvalue weighted by molar-refractivity contribution is 7.99. The molecule has 0 fully saturated rings. The second kappa shape index (κ2) is 10.3. The highest BCUT2D eigenvalue weighted by Crippen LogP contribution is 2.34. The Morgan fingerprint density at radius 1 is 1.09 bits per heavy atom. The molecule has 2 aromatic carbocycles. The third-order valence-electron chi connectivity index (χ3n) is 6.04. The Balaban J connectivity index is 1.25. The summed E-state index contributed by atoms with van der Waals surface area (Å²) in [5.74, 6) is 1.52. The third kappa shape index (κ3) is 5.38. The fourth-order valence-electron chi connectivity index (χ4n) is 4.09. The first kappa shape index (κ1) is 23.1. The lowest BCUT2D eigenvalue weighted by Crippen LogP contribution is -2.28. The van der Waals surface area contributed by atoms with Crippen molar-refractivity contribution >= 4 is 23.4 Å². The van der Waals surface area contributed by atoms with Crippen LogP contribution >= 0.6 is 11.8 Å². The quantitative estimate of drug-likeness (QED) is 0.293. The average molecular weight is 487 g/mol. The fourth-order valence-corrected chi connectivity index (χ4v) is 4.73. The maximum atomic E-state index is 13.2. The summed E-state index contributed by atoms with van der Waals surface area (Å²) in [5, 5.41) is 14.9. The topological polar surface area (TPSA) is 84.7 Å². The number of carbonyl (C=O) groups is 1. The van der Waals surface area contributed by atoms with Gasteiger partial charge in [-0.3, -0.25) is 4.79 Å². The van der Waals surface area contributed by atoms with Crippen molar-refractivity contribution < 1.29 is 13.6 Å². The highest BCUT2D eigenvalue weighted by atomic mass is 32.2. The standard InChI is InChI=1S/C27H26N4O3S/c1-18-10-12-21(13-11-18)22-16-23(24-9-6-14-33-24)31(30-22)26(32)17-35-27-29-28-25(34-27)15-19(2)20-7-4-3-5-8-20/h3-14,19,23H,15-17H2,1-2H3. The number of aromatic nitrogens is 2. The molecule has 8 heteroatoms. The van der Waals surface area contributed by atoms with Crippen LogP contribution in [0.5, 0.6) is 0 Å². The summed E-state index contributed by atoms with van der Waals surface area (Å²) in [7, 11) is 0. The fraction of sp³-hybridized carbons (Fsp3) is 0.259. The number of amides is 1. The van der Waals surface area contributed by atoms with Crippen molar-refractivity contribution in [1.82, 2.24) is 15.2 Å². The molecule has 0 aliphatic carbocycles. The van der Waals surface area contributed by atoms with E-state index in [4.69, 9.17) is 8.83 Å². The number of rotatable bonds is 8. The maximum Gasteiger partial charge on any atom is 0.277 e. The molecule has 0 bridgehead atoms. The summed E-state index contributed by atoms with van der Waals surface area (Å²) in [6.45, 7) is 4.17. The van der Waals surface area contributed by atoms with E-state index in [0.29, 0.717) is 29.7 Å². The third-order valence-corrected chi connectivity index (χ3v) is 6.84. The summed E-state index contributed by atoms with van der Waals surface area (Å²) >= 11 is 1.23. The number of hydrogen-bond acceptors (Lipinski definition) is 7. The van der Waals surface area contributed by atoms with Crippen LogP contribution in [0.2, 0.25) is 0 Å². The van der Waals surface area contributed by atoms with Gasteiger partial charge >= 0.3 is 0 Å². The molecular formula is C27H26N4O3S. The van der Waals surface area contributed by atoms with Crippen molar-refractivity contribution in [2.45, 2.75) is 43.9 Å². The van der Waals surface area contributed by atoms with E-state index in [0.717, 1.165) is 11.3 Å². The van der Waals surface area contributed by atoms with Crippen molar-refractivity contribution in [3.8, 4) is 0 Å². The molecule has 178 valence electrons.